The lowest BCUT2D eigenvalue weighted by atomic mass is 10.1. The van der Waals surface area contributed by atoms with Crippen molar-refractivity contribution in [1.29, 1.82) is 0 Å². The average molecular weight is 426 g/mol. The van der Waals surface area contributed by atoms with Crippen LogP contribution in [-0.2, 0) is 16.9 Å². The van der Waals surface area contributed by atoms with Crippen molar-refractivity contribution < 1.29 is 13.9 Å². The topological polar surface area (TPSA) is 77.2 Å². The highest BCUT2D eigenvalue weighted by Gasteiger charge is 2.25. The summed E-state index contributed by atoms with van der Waals surface area (Å²) in [7, 11) is 0. The zero-order valence-electron chi connectivity index (χ0n) is 17.7. The summed E-state index contributed by atoms with van der Waals surface area (Å²) in [5.41, 5.74) is 2.89. The van der Waals surface area contributed by atoms with E-state index in [1.54, 1.807) is 0 Å². The van der Waals surface area contributed by atoms with Gasteiger partial charge in [0.25, 0.3) is 5.22 Å². The molecule has 158 valence electrons. The van der Waals surface area contributed by atoms with Crippen molar-refractivity contribution in [2.45, 2.75) is 56.7 Å². The summed E-state index contributed by atoms with van der Waals surface area (Å²) in [6, 6.07) is 17.6. The number of aryl methyl sites for hydroxylation is 1. The molecular formula is C23H27N3O3S. The number of carbonyl (C=O) groups excluding carboxylic acids is 1. The Bertz CT molecular complexity index is 967. The van der Waals surface area contributed by atoms with E-state index in [1.165, 1.54) is 22.9 Å². The first-order valence-electron chi connectivity index (χ1n) is 9.84. The Morgan fingerprint density at radius 2 is 1.80 bits per heavy atom. The van der Waals surface area contributed by atoms with Gasteiger partial charge in [0.2, 0.25) is 5.89 Å². The van der Waals surface area contributed by atoms with Gasteiger partial charge >= 0.3 is 6.09 Å². The highest BCUT2D eigenvalue weighted by Crippen LogP contribution is 2.26. The van der Waals surface area contributed by atoms with Crippen molar-refractivity contribution in [2.75, 3.05) is 0 Å². The molecule has 1 N–H and O–H groups in total. The maximum absolute atomic E-state index is 12.4. The first kappa shape index (κ1) is 21.9. The molecule has 3 rings (SSSR count). The molecule has 0 aliphatic heterocycles. The van der Waals surface area contributed by atoms with E-state index in [2.05, 4.69) is 34.6 Å². The molecule has 0 saturated carbocycles. The zero-order valence-corrected chi connectivity index (χ0v) is 18.5. The lowest BCUT2D eigenvalue weighted by Crippen LogP contribution is -2.36. The molecule has 7 heteroatoms. The van der Waals surface area contributed by atoms with Crippen LogP contribution in [0, 0.1) is 6.92 Å². The second kappa shape index (κ2) is 9.80. The lowest BCUT2D eigenvalue weighted by molar-refractivity contribution is 0.0494. The van der Waals surface area contributed by atoms with E-state index >= 15 is 0 Å². The molecule has 0 aliphatic rings. The fraction of sp³-hybridized carbons (Fsp3) is 0.348. The Hall–Kier alpha value is -2.80. The van der Waals surface area contributed by atoms with Gasteiger partial charge in [0.05, 0.1) is 0 Å². The number of carbonyl (C=O) groups is 1. The van der Waals surface area contributed by atoms with E-state index in [-0.39, 0.29) is 0 Å². The number of benzene rings is 2. The normalized spacial score (nSPS) is 12.4. The molecule has 0 aliphatic carbocycles. The van der Waals surface area contributed by atoms with Crippen LogP contribution in [0.5, 0.6) is 0 Å². The van der Waals surface area contributed by atoms with Crippen LogP contribution in [0.1, 0.15) is 49.4 Å². The molecule has 1 aromatic heterocycles. The molecule has 6 nitrogen and oxygen atoms in total. The Labute approximate surface area is 181 Å². The van der Waals surface area contributed by atoms with Gasteiger partial charge in [0.15, 0.2) is 0 Å². The number of nitrogens with zero attached hydrogens (tertiary/aromatic N) is 2. The van der Waals surface area contributed by atoms with Gasteiger partial charge < -0.3 is 14.5 Å². The molecule has 30 heavy (non-hydrogen) atoms. The molecule has 1 heterocycles. The molecule has 0 spiro atoms. The average Bonchev–Trinajstić information content (AvgIpc) is 3.15. The van der Waals surface area contributed by atoms with Gasteiger partial charge in [-0.2, -0.15) is 0 Å². The maximum Gasteiger partial charge on any atom is 0.408 e. The summed E-state index contributed by atoms with van der Waals surface area (Å²) in [4.78, 5) is 12.4. The van der Waals surface area contributed by atoms with Crippen LogP contribution in [0.4, 0.5) is 4.79 Å². The van der Waals surface area contributed by atoms with Crippen molar-refractivity contribution in [2.24, 2.45) is 0 Å². The summed E-state index contributed by atoms with van der Waals surface area (Å²) in [6.07, 6.45) is 0.000203. The van der Waals surface area contributed by atoms with Crippen LogP contribution >= 0.6 is 11.8 Å². The molecule has 0 unspecified atom stereocenters. The number of hydrogen-bond acceptors (Lipinski definition) is 6. The van der Waals surface area contributed by atoms with E-state index in [1.807, 2.05) is 63.2 Å². The van der Waals surface area contributed by atoms with Gasteiger partial charge in [0, 0.05) is 12.2 Å². The van der Waals surface area contributed by atoms with E-state index in [0.717, 1.165) is 11.3 Å². The fourth-order valence-corrected chi connectivity index (χ4v) is 3.68. The van der Waals surface area contributed by atoms with E-state index in [4.69, 9.17) is 9.15 Å². The molecule has 0 fully saturated rings. The van der Waals surface area contributed by atoms with Crippen molar-refractivity contribution >= 4 is 17.9 Å². The maximum atomic E-state index is 12.4. The fourth-order valence-electron chi connectivity index (χ4n) is 2.83. The van der Waals surface area contributed by atoms with Crippen LogP contribution in [0.15, 0.2) is 64.2 Å². The highest BCUT2D eigenvalue weighted by atomic mass is 32.2. The quantitative estimate of drug-likeness (QED) is 0.505. The minimum Gasteiger partial charge on any atom is -0.444 e. The zero-order chi connectivity index (χ0) is 21.6. The Kier molecular flexibility index (Phi) is 7.15. The standard InChI is InChI=1S/C23H27N3O3S/c1-16-10-8-9-13-18(16)15-30-22-26-25-20(28-22)19(14-17-11-6-5-7-12-17)24-21(27)29-23(2,3)4/h5-13,19H,14-15H2,1-4H3,(H,24,27)/t19-/m1/s1. The molecule has 1 amide bonds. The lowest BCUT2D eigenvalue weighted by Gasteiger charge is -2.22. The van der Waals surface area contributed by atoms with E-state index < -0.39 is 17.7 Å². The molecular weight excluding hydrogens is 398 g/mol. The van der Waals surface area contributed by atoms with Crippen LogP contribution < -0.4 is 5.32 Å². The van der Waals surface area contributed by atoms with Crippen LogP contribution in [-0.4, -0.2) is 21.9 Å². The smallest absolute Gasteiger partial charge is 0.408 e. The molecule has 1 atom stereocenters. The minimum absolute atomic E-state index is 0.358. The molecule has 3 aromatic rings. The summed E-state index contributed by atoms with van der Waals surface area (Å²) >= 11 is 1.48. The molecule has 0 saturated heterocycles. The van der Waals surface area contributed by atoms with Gasteiger partial charge in [-0.3, -0.25) is 0 Å². The third-order valence-electron chi connectivity index (χ3n) is 4.31. The van der Waals surface area contributed by atoms with Crippen LogP contribution in [0.25, 0.3) is 0 Å². The van der Waals surface area contributed by atoms with Crippen molar-refractivity contribution in [3.8, 4) is 0 Å². The van der Waals surface area contributed by atoms with Crippen molar-refractivity contribution in [1.82, 2.24) is 15.5 Å². The number of hydrogen-bond donors (Lipinski definition) is 1. The summed E-state index contributed by atoms with van der Waals surface area (Å²) in [5.74, 6) is 1.09. The predicted molar refractivity (Wildman–Crippen MR) is 117 cm³/mol. The number of alkyl carbamates (subject to hydrolysis) is 1. The number of thioether (sulfide) groups is 1. The van der Waals surface area contributed by atoms with Gasteiger partial charge in [-0.05, 0) is 44.4 Å². The Morgan fingerprint density at radius 3 is 2.50 bits per heavy atom. The number of nitrogens with one attached hydrogen (secondary N) is 1. The second-order valence-electron chi connectivity index (χ2n) is 8.01. The van der Waals surface area contributed by atoms with E-state index in [9.17, 15) is 4.79 Å². The summed E-state index contributed by atoms with van der Waals surface area (Å²) < 4.78 is 11.3. The second-order valence-corrected chi connectivity index (χ2v) is 8.94. The van der Waals surface area contributed by atoms with Crippen LogP contribution in [0.2, 0.25) is 0 Å². The van der Waals surface area contributed by atoms with Crippen molar-refractivity contribution in [3.05, 3.63) is 77.2 Å². The van der Waals surface area contributed by atoms with Crippen LogP contribution in [0.3, 0.4) is 0 Å². The van der Waals surface area contributed by atoms with Gasteiger partial charge in [-0.15, -0.1) is 10.2 Å². The van der Waals surface area contributed by atoms with E-state index in [0.29, 0.717) is 17.5 Å². The monoisotopic (exact) mass is 425 g/mol. The molecule has 0 radical (unpaired) electrons. The molecule has 2 aromatic carbocycles. The first-order valence-corrected chi connectivity index (χ1v) is 10.8. The van der Waals surface area contributed by atoms with Gasteiger partial charge in [-0.25, -0.2) is 4.79 Å². The van der Waals surface area contributed by atoms with Gasteiger partial charge in [-0.1, -0.05) is 66.4 Å². The number of rotatable bonds is 7. The molecule has 0 bridgehead atoms. The predicted octanol–water partition coefficient (Wildman–Crippen LogP) is 5.48. The number of aromatic nitrogens is 2. The summed E-state index contributed by atoms with van der Waals surface area (Å²) in [6.45, 7) is 7.55. The largest absolute Gasteiger partial charge is 0.444 e. The SMILES string of the molecule is Cc1ccccc1CSc1nnc([C@@H](Cc2ccccc2)NC(=O)OC(C)(C)C)o1. The Balaban J connectivity index is 1.72. The third-order valence-corrected chi connectivity index (χ3v) is 5.17. The minimum atomic E-state index is -0.592. The first-order chi connectivity index (χ1) is 14.3. The number of amides is 1. The van der Waals surface area contributed by atoms with Gasteiger partial charge in [0.1, 0.15) is 11.6 Å². The third kappa shape index (κ3) is 6.62. The number of ether oxygens (including phenoxy) is 1. The highest BCUT2D eigenvalue weighted by molar-refractivity contribution is 7.98. The summed E-state index contributed by atoms with van der Waals surface area (Å²) in [5, 5.41) is 11.7. The Morgan fingerprint density at radius 1 is 1.10 bits per heavy atom. The van der Waals surface area contributed by atoms with Crippen molar-refractivity contribution in [3.63, 3.8) is 0 Å².